The Labute approximate surface area is 159 Å². The monoisotopic (exact) mass is 401 g/mol. The summed E-state index contributed by atoms with van der Waals surface area (Å²) in [6, 6.07) is 2.16. The highest BCUT2D eigenvalue weighted by atomic mass is 32.2. The molecule has 3 heterocycles. The van der Waals surface area contributed by atoms with Crippen molar-refractivity contribution in [3.63, 3.8) is 0 Å². The molecule has 0 unspecified atom stereocenters. The molecule has 0 aliphatic carbocycles. The number of aromatic nitrogens is 4. The first-order chi connectivity index (χ1) is 13.3. The number of rotatable bonds is 4. The Kier molecular flexibility index (Phi) is 4.15. The van der Waals surface area contributed by atoms with E-state index < -0.39 is 15.7 Å². The third-order valence-electron chi connectivity index (χ3n) is 4.42. The Morgan fingerprint density at radius 3 is 2.68 bits per heavy atom. The number of nitrogens with zero attached hydrogens (tertiary/aromatic N) is 4. The summed E-state index contributed by atoms with van der Waals surface area (Å²) in [4.78, 5) is 4.20. The van der Waals surface area contributed by atoms with Gasteiger partial charge in [-0.3, -0.25) is 9.67 Å². The molecular weight excluding hydrogens is 385 g/mol. The molecule has 28 heavy (non-hydrogen) atoms. The normalized spacial score (nSPS) is 12.0. The molecule has 0 fully saturated rings. The van der Waals surface area contributed by atoms with Gasteiger partial charge in [0.2, 0.25) is 0 Å². The van der Waals surface area contributed by atoms with E-state index in [1.165, 1.54) is 18.5 Å². The minimum absolute atomic E-state index is 0.00127. The molecule has 3 aromatic heterocycles. The molecule has 4 aromatic rings. The van der Waals surface area contributed by atoms with Crippen molar-refractivity contribution in [2.45, 2.75) is 18.4 Å². The van der Waals surface area contributed by atoms with Gasteiger partial charge in [0.1, 0.15) is 5.82 Å². The number of nitrogen functional groups attached to an aromatic ring is 1. The summed E-state index contributed by atoms with van der Waals surface area (Å²) in [6.07, 6.45) is 7.46. The number of fused-ring (bicyclic) bond motifs is 1. The van der Waals surface area contributed by atoms with Crippen LogP contribution in [0.4, 0.5) is 10.1 Å². The summed E-state index contributed by atoms with van der Waals surface area (Å²) < 4.78 is 45.7. The van der Waals surface area contributed by atoms with E-state index in [1.807, 2.05) is 13.1 Å². The van der Waals surface area contributed by atoms with Gasteiger partial charge in [0.25, 0.3) is 0 Å². The van der Waals surface area contributed by atoms with Gasteiger partial charge < -0.3 is 10.3 Å². The van der Waals surface area contributed by atoms with Crippen LogP contribution in [0.3, 0.4) is 0 Å². The van der Waals surface area contributed by atoms with Gasteiger partial charge in [-0.1, -0.05) is 5.16 Å². The number of halogens is 1. The van der Waals surface area contributed by atoms with Crippen LogP contribution in [0.1, 0.15) is 6.92 Å². The molecule has 0 saturated heterocycles. The fourth-order valence-electron chi connectivity index (χ4n) is 3.03. The quantitative estimate of drug-likeness (QED) is 0.413. The Hall–Kier alpha value is -3.27. The fourth-order valence-corrected chi connectivity index (χ4v) is 3.85. The van der Waals surface area contributed by atoms with Crippen LogP contribution in [-0.4, -0.2) is 34.6 Å². The maximum Gasteiger partial charge on any atom is 0.178 e. The lowest BCUT2D eigenvalue weighted by Crippen LogP contribution is -2.04. The van der Waals surface area contributed by atoms with Crippen LogP contribution in [0.2, 0.25) is 0 Å². The van der Waals surface area contributed by atoms with Gasteiger partial charge >= 0.3 is 0 Å². The largest absolute Gasteiger partial charge is 0.398 e. The summed E-state index contributed by atoms with van der Waals surface area (Å²) in [5.41, 5.74) is 7.56. The first kappa shape index (κ1) is 18.1. The van der Waals surface area contributed by atoms with Crippen molar-refractivity contribution in [2.24, 2.45) is 0 Å². The van der Waals surface area contributed by atoms with E-state index >= 15 is 0 Å². The number of sulfone groups is 1. The van der Waals surface area contributed by atoms with E-state index in [0.29, 0.717) is 23.1 Å². The van der Waals surface area contributed by atoms with E-state index in [1.54, 1.807) is 10.9 Å². The maximum absolute atomic E-state index is 14.6. The molecule has 10 heteroatoms. The van der Waals surface area contributed by atoms with E-state index in [9.17, 15) is 12.8 Å². The molecule has 0 amide bonds. The smallest absolute Gasteiger partial charge is 0.178 e. The lowest BCUT2D eigenvalue weighted by molar-refractivity contribution is 0.457. The van der Waals surface area contributed by atoms with Crippen LogP contribution in [-0.2, 0) is 16.4 Å². The number of benzene rings is 1. The molecule has 0 bridgehead atoms. The lowest BCUT2D eigenvalue weighted by atomic mass is 10.0. The van der Waals surface area contributed by atoms with Crippen LogP contribution < -0.4 is 5.73 Å². The minimum atomic E-state index is -3.64. The predicted molar refractivity (Wildman–Crippen MR) is 102 cm³/mol. The molecule has 0 aliphatic rings. The first-order valence-corrected chi connectivity index (χ1v) is 10.2. The lowest BCUT2D eigenvalue weighted by Gasteiger charge is -2.10. The molecule has 0 spiro atoms. The van der Waals surface area contributed by atoms with Crippen molar-refractivity contribution in [3.8, 4) is 22.4 Å². The van der Waals surface area contributed by atoms with Gasteiger partial charge in [-0.15, -0.1) is 0 Å². The number of nitrogens with two attached hydrogens (primary N) is 1. The average Bonchev–Trinajstić information content (AvgIpc) is 3.29. The molecule has 1 aromatic carbocycles. The number of aryl methyl sites for hydroxylation is 1. The second kappa shape index (κ2) is 6.41. The number of anilines is 1. The fraction of sp³-hybridized carbons (Fsp3) is 0.167. The van der Waals surface area contributed by atoms with Crippen LogP contribution in [0.5, 0.6) is 0 Å². The summed E-state index contributed by atoms with van der Waals surface area (Å²) in [5, 5.41) is 8.49. The third kappa shape index (κ3) is 2.91. The summed E-state index contributed by atoms with van der Waals surface area (Å²) in [5.74, 6) is -0.688. The molecule has 0 atom stereocenters. The van der Waals surface area contributed by atoms with Crippen molar-refractivity contribution < 1.29 is 17.3 Å². The van der Waals surface area contributed by atoms with E-state index in [-0.39, 0.29) is 21.8 Å². The van der Waals surface area contributed by atoms with Gasteiger partial charge in [0, 0.05) is 41.9 Å². The second-order valence-corrected chi connectivity index (χ2v) is 8.30. The molecule has 4 rings (SSSR count). The van der Waals surface area contributed by atoms with Gasteiger partial charge in [-0.05, 0) is 19.1 Å². The Balaban J connectivity index is 1.95. The van der Waals surface area contributed by atoms with Crippen LogP contribution >= 0.6 is 0 Å². The van der Waals surface area contributed by atoms with Gasteiger partial charge in [-0.2, -0.15) is 5.10 Å². The minimum Gasteiger partial charge on any atom is -0.398 e. The SMILES string of the molecule is CCn1cc(-c2cnc(-c3cc(S(C)(=O)=O)c(N)cc3F)c3cnoc23)cn1. The highest BCUT2D eigenvalue weighted by Gasteiger charge is 2.21. The van der Waals surface area contributed by atoms with Crippen LogP contribution in [0, 0.1) is 5.82 Å². The van der Waals surface area contributed by atoms with E-state index in [0.717, 1.165) is 17.9 Å². The molecular formula is C18H16FN5O3S. The predicted octanol–water partition coefficient (Wildman–Crippen LogP) is 2.90. The van der Waals surface area contributed by atoms with Gasteiger partial charge in [0.05, 0.1) is 34.1 Å². The molecule has 0 saturated carbocycles. The number of hydrogen-bond acceptors (Lipinski definition) is 7. The molecule has 2 N–H and O–H groups in total. The first-order valence-electron chi connectivity index (χ1n) is 8.35. The zero-order valence-electron chi connectivity index (χ0n) is 15.0. The topological polar surface area (TPSA) is 117 Å². The average molecular weight is 401 g/mol. The highest BCUT2D eigenvalue weighted by molar-refractivity contribution is 7.90. The zero-order valence-corrected chi connectivity index (χ0v) is 15.9. The van der Waals surface area contributed by atoms with E-state index in [4.69, 9.17) is 10.3 Å². The highest BCUT2D eigenvalue weighted by Crippen LogP contribution is 2.36. The summed E-state index contributed by atoms with van der Waals surface area (Å²) in [6.45, 7) is 2.67. The molecule has 0 radical (unpaired) electrons. The van der Waals surface area contributed by atoms with Gasteiger partial charge in [-0.25, -0.2) is 12.8 Å². The second-order valence-electron chi connectivity index (χ2n) is 6.32. The molecule has 8 nitrogen and oxygen atoms in total. The Bertz CT molecular complexity index is 1310. The van der Waals surface area contributed by atoms with Crippen molar-refractivity contribution in [2.75, 3.05) is 12.0 Å². The van der Waals surface area contributed by atoms with Crippen molar-refractivity contribution in [1.29, 1.82) is 0 Å². The molecule has 144 valence electrons. The number of pyridine rings is 1. The van der Waals surface area contributed by atoms with Crippen molar-refractivity contribution in [3.05, 3.63) is 42.7 Å². The van der Waals surface area contributed by atoms with Crippen molar-refractivity contribution in [1.82, 2.24) is 19.9 Å². The standard InChI is InChI=1S/C18H16FN5O3S/c1-3-24-9-10(6-22-24)12-7-21-17(13-8-23-27-18(12)13)11-4-16(28(2,25)26)15(20)5-14(11)19/h4-9H,3,20H2,1-2H3. The summed E-state index contributed by atoms with van der Waals surface area (Å²) >= 11 is 0. The van der Waals surface area contributed by atoms with Crippen molar-refractivity contribution >= 4 is 26.5 Å². The maximum atomic E-state index is 14.6. The zero-order chi connectivity index (χ0) is 20.1. The van der Waals surface area contributed by atoms with Crippen LogP contribution in [0.25, 0.3) is 33.4 Å². The van der Waals surface area contributed by atoms with Crippen LogP contribution in [0.15, 0.2) is 46.3 Å². The number of hydrogen-bond donors (Lipinski definition) is 1. The summed E-state index contributed by atoms with van der Waals surface area (Å²) in [7, 11) is -3.64. The molecule has 0 aliphatic heterocycles. The van der Waals surface area contributed by atoms with Gasteiger partial charge in [0.15, 0.2) is 15.4 Å². The Morgan fingerprint density at radius 2 is 2.00 bits per heavy atom. The van der Waals surface area contributed by atoms with E-state index in [2.05, 4.69) is 15.2 Å². The Morgan fingerprint density at radius 1 is 1.21 bits per heavy atom. The third-order valence-corrected chi connectivity index (χ3v) is 5.57.